The molecule has 0 aliphatic rings. The molecule has 0 unspecified atom stereocenters. The van der Waals surface area contributed by atoms with Crippen LogP contribution in [0.1, 0.15) is 5.56 Å². The Morgan fingerprint density at radius 2 is 1.89 bits per heavy atom. The number of hydrogen-bond donors (Lipinski definition) is 3. The molecule has 1 heterocycles. The Bertz CT molecular complexity index is 573. The van der Waals surface area contributed by atoms with Crippen molar-refractivity contribution in [2.75, 3.05) is 10.7 Å². The molecule has 5 nitrogen and oxygen atoms in total. The SMILES string of the molecule is Cc1c(NN)ncnc1Nc1cccc(Cl)c1Cl. The molecule has 94 valence electrons. The first-order chi connectivity index (χ1) is 8.63. The van der Waals surface area contributed by atoms with Crippen molar-refractivity contribution in [3.8, 4) is 0 Å². The number of nitrogen functional groups attached to an aromatic ring is 1. The first kappa shape index (κ1) is 12.9. The van der Waals surface area contributed by atoms with Gasteiger partial charge >= 0.3 is 0 Å². The highest BCUT2D eigenvalue weighted by atomic mass is 35.5. The average molecular weight is 284 g/mol. The van der Waals surface area contributed by atoms with Crippen molar-refractivity contribution in [3.05, 3.63) is 40.1 Å². The van der Waals surface area contributed by atoms with E-state index in [1.807, 2.05) is 13.0 Å². The standard InChI is InChI=1S/C11H11Cl2N5/c1-6-10(15-5-16-11(6)18-14)17-8-4-2-3-7(12)9(8)13/h2-5H,14H2,1H3,(H2,15,16,17,18). The van der Waals surface area contributed by atoms with Gasteiger partial charge in [0.1, 0.15) is 18.0 Å². The number of nitrogens with two attached hydrogens (primary N) is 1. The van der Waals surface area contributed by atoms with E-state index in [9.17, 15) is 0 Å². The molecule has 0 saturated heterocycles. The Labute approximate surface area is 114 Å². The van der Waals surface area contributed by atoms with Gasteiger partial charge in [-0.05, 0) is 19.1 Å². The second-order valence-corrected chi connectivity index (χ2v) is 4.35. The van der Waals surface area contributed by atoms with E-state index in [0.717, 1.165) is 5.56 Å². The van der Waals surface area contributed by atoms with Crippen molar-refractivity contribution in [1.82, 2.24) is 9.97 Å². The van der Waals surface area contributed by atoms with E-state index >= 15 is 0 Å². The minimum Gasteiger partial charge on any atom is -0.339 e. The van der Waals surface area contributed by atoms with E-state index < -0.39 is 0 Å². The molecular weight excluding hydrogens is 273 g/mol. The first-order valence-electron chi connectivity index (χ1n) is 5.12. The fraction of sp³-hybridized carbons (Fsp3) is 0.0909. The van der Waals surface area contributed by atoms with Crippen LogP contribution >= 0.6 is 23.2 Å². The summed E-state index contributed by atoms with van der Waals surface area (Å²) in [5, 5.41) is 4.01. The third kappa shape index (κ3) is 2.48. The number of hydrogen-bond acceptors (Lipinski definition) is 5. The predicted molar refractivity (Wildman–Crippen MR) is 74.3 cm³/mol. The second-order valence-electron chi connectivity index (χ2n) is 3.57. The number of benzene rings is 1. The number of hydrazine groups is 1. The molecule has 0 bridgehead atoms. The van der Waals surface area contributed by atoms with Crippen LogP contribution in [0, 0.1) is 6.92 Å². The van der Waals surface area contributed by atoms with E-state index in [2.05, 4.69) is 20.7 Å². The van der Waals surface area contributed by atoms with Crippen LogP contribution in [0.15, 0.2) is 24.5 Å². The predicted octanol–water partition coefficient (Wildman–Crippen LogP) is 3.12. The zero-order valence-corrected chi connectivity index (χ0v) is 11.0. The molecule has 1 aromatic carbocycles. The lowest BCUT2D eigenvalue weighted by Crippen LogP contribution is -2.11. The minimum atomic E-state index is 0.444. The molecule has 0 fully saturated rings. The highest BCUT2D eigenvalue weighted by Gasteiger charge is 2.09. The summed E-state index contributed by atoms with van der Waals surface area (Å²) in [4.78, 5) is 8.13. The van der Waals surface area contributed by atoms with E-state index in [4.69, 9.17) is 29.0 Å². The third-order valence-corrected chi connectivity index (χ3v) is 3.24. The third-order valence-electron chi connectivity index (χ3n) is 2.43. The monoisotopic (exact) mass is 283 g/mol. The van der Waals surface area contributed by atoms with Crippen molar-refractivity contribution in [2.24, 2.45) is 5.84 Å². The maximum Gasteiger partial charge on any atom is 0.148 e. The Morgan fingerprint density at radius 3 is 2.61 bits per heavy atom. The summed E-state index contributed by atoms with van der Waals surface area (Å²) in [7, 11) is 0. The van der Waals surface area contributed by atoms with Crippen LogP contribution < -0.4 is 16.6 Å². The van der Waals surface area contributed by atoms with E-state index in [1.54, 1.807) is 12.1 Å². The molecule has 2 rings (SSSR count). The first-order valence-corrected chi connectivity index (χ1v) is 5.88. The molecule has 4 N–H and O–H groups in total. The molecule has 1 aromatic heterocycles. The van der Waals surface area contributed by atoms with Gasteiger partial charge in [-0.3, -0.25) is 0 Å². The molecule has 0 aliphatic heterocycles. The van der Waals surface area contributed by atoms with Gasteiger partial charge in [-0.25, -0.2) is 15.8 Å². The maximum atomic E-state index is 6.09. The molecule has 2 aromatic rings. The Morgan fingerprint density at radius 1 is 1.17 bits per heavy atom. The second kappa shape index (κ2) is 5.39. The molecule has 0 saturated carbocycles. The molecule has 0 aliphatic carbocycles. The van der Waals surface area contributed by atoms with Crippen LogP contribution in [0.3, 0.4) is 0 Å². The lowest BCUT2D eigenvalue weighted by Gasteiger charge is -2.12. The van der Waals surface area contributed by atoms with Crippen molar-refractivity contribution in [2.45, 2.75) is 6.92 Å². The Kier molecular flexibility index (Phi) is 3.86. The molecule has 0 amide bonds. The Hall–Kier alpha value is -1.56. The number of nitrogens with one attached hydrogen (secondary N) is 2. The number of rotatable bonds is 3. The van der Waals surface area contributed by atoms with Crippen LogP contribution in [0.5, 0.6) is 0 Å². The van der Waals surface area contributed by atoms with Crippen molar-refractivity contribution in [1.29, 1.82) is 0 Å². The lowest BCUT2D eigenvalue weighted by atomic mass is 10.2. The summed E-state index contributed by atoms with van der Waals surface area (Å²) in [6.45, 7) is 1.84. The van der Waals surface area contributed by atoms with Crippen LogP contribution in [-0.2, 0) is 0 Å². The van der Waals surface area contributed by atoms with Crippen molar-refractivity contribution < 1.29 is 0 Å². The van der Waals surface area contributed by atoms with Crippen molar-refractivity contribution >= 4 is 40.5 Å². The zero-order valence-electron chi connectivity index (χ0n) is 9.54. The lowest BCUT2D eigenvalue weighted by molar-refractivity contribution is 1.11. The maximum absolute atomic E-state index is 6.09. The summed E-state index contributed by atoms with van der Waals surface area (Å²) in [5.74, 6) is 6.51. The average Bonchev–Trinajstić information content (AvgIpc) is 2.37. The smallest absolute Gasteiger partial charge is 0.148 e. The Balaban J connectivity index is 2.37. The van der Waals surface area contributed by atoms with E-state index in [0.29, 0.717) is 27.4 Å². The van der Waals surface area contributed by atoms with E-state index in [1.165, 1.54) is 6.33 Å². The van der Waals surface area contributed by atoms with Gasteiger partial charge in [0.05, 0.1) is 15.7 Å². The van der Waals surface area contributed by atoms with Gasteiger partial charge < -0.3 is 10.7 Å². The van der Waals surface area contributed by atoms with Gasteiger partial charge in [0.15, 0.2) is 0 Å². The van der Waals surface area contributed by atoms with Gasteiger partial charge in [0, 0.05) is 5.56 Å². The van der Waals surface area contributed by atoms with Crippen LogP contribution in [0.4, 0.5) is 17.3 Å². The number of aromatic nitrogens is 2. The molecule has 0 radical (unpaired) electrons. The fourth-order valence-corrected chi connectivity index (χ4v) is 1.80. The number of nitrogens with zero attached hydrogens (tertiary/aromatic N) is 2. The normalized spacial score (nSPS) is 10.2. The van der Waals surface area contributed by atoms with Crippen LogP contribution in [0.25, 0.3) is 0 Å². The zero-order chi connectivity index (χ0) is 13.1. The van der Waals surface area contributed by atoms with Gasteiger partial charge in [-0.15, -0.1) is 0 Å². The highest BCUT2D eigenvalue weighted by molar-refractivity contribution is 6.43. The van der Waals surface area contributed by atoms with Gasteiger partial charge in [-0.2, -0.15) is 0 Å². The molecule has 0 atom stereocenters. The topological polar surface area (TPSA) is 75.9 Å². The summed E-state index contributed by atoms with van der Waals surface area (Å²) in [5.41, 5.74) is 3.96. The molecule has 7 heteroatoms. The van der Waals surface area contributed by atoms with Crippen molar-refractivity contribution in [3.63, 3.8) is 0 Å². The highest BCUT2D eigenvalue weighted by Crippen LogP contribution is 2.32. The molecule has 0 spiro atoms. The number of halogens is 2. The summed E-state index contributed by atoms with van der Waals surface area (Å²) < 4.78 is 0. The van der Waals surface area contributed by atoms with Crippen LogP contribution in [0.2, 0.25) is 10.0 Å². The van der Waals surface area contributed by atoms with Gasteiger partial charge in [0.25, 0.3) is 0 Å². The quantitative estimate of drug-likeness (QED) is 0.596. The summed E-state index contributed by atoms with van der Waals surface area (Å²) in [6, 6.07) is 5.33. The number of anilines is 3. The van der Waals surface area contributed by atoms with E-state index in [-0.39, 0.29) is 0 Å². The fourth-order valence-electron chi connectivity index (χ4n) is 1.45. The molecule has 18 heavy (non-hydrogen) atoms. The summed E-state index contributed by atoms with van der Waals surface area (Å²) in [6.07, 6.45) is 1.41. The van der Waals surface area contributed by atoms with Gasteiger partial charge in [0.2, 0.25) is 0 Å². The van der Waals surface area contributed by atoms with Gasteiger partial charge in [-0.1, -0.05) is 29.3 Å². The summed E-state index contributed by atoms with van der Waals surface area (Å²) >= 11 is 12.0. The molecular formula is C11H11Cl2N5. The van der Waals surface area contributed by atoms with Crippen LogP contribution in [-0.4, -0.2) is 9.97 Å². The largest absolute Gasteiger partial charge is 0.339 e. The minimum absolute atomic E-state index is 0.444.